The van der Waals surface area contributed by atoms with Gasteiger partial charge in [-0.15, -0.1) is 0 Å². The number of hydrogen-bond acceptors (Lipinski definition) is 8. The number of H-pyrrole nitrogens is 2. The van der Waals surface area contributed by atoms with E-state index in [1.165, 1.54) is 35.4 Å². The van der Waals surface area contributed by atoms with Gasteiger partial charge in [0.2, 0.25) is 0 Å². The van der Waals surface area contributed by atoms with Crippen molar-refractivity contribution >= 4 is 22.9 Å². The molecule has 0 saturated heterocycles. The van der Waals surface area contributed by atoms with E-state index in [0.717, 1.165) is 11.1 Å². The van der Waals surface area contributed by atoms with E-state index in [1.807, 2.05) is 0 Å². The van der Waals surface area contributed by atoms with Crippen LogP contribution in [-0.4, -0.2) is 30.7 Å². The Hall–Kier alpha value is -5.26. The minimum Gasteiger partial charge on any atom is -0.300 e. The number of azo groups is 1. The highest BCUT2D eigenvalue weighted by atomic mass is 16.2. The number of benzene rings is 2. The quantitative estimate of drug-likeness (QED) is 0.288. The van der Waals surface area contributed by atoms with E-state index in [2.05, 4.69) is 20.2 Å². The molecule has 12 heteroatoms. The fourth-order valence-corrected chi connectivity index (χ4v) is 4.01. The molecule has 0 aliphatic carbocycles. The van der Waals surface area contributed by atoms with Gasteiger partial charge >= 0.3 is 11.4 Å². The molecule has 0 aliphatic rings. The van der Waals surface area contributed by atoms with Crippen molar-refractivity contribution < 1.29 is 9.59 Å². The van der Waals surface area contributed by atoms with Gasteiger partial charge in [-0.2, -0.15) is 10.2 Å². The summed E-state index contributed by atoms with van der Waals surface area (Å²) in [5, 5.41) is 8.40. The maximum atomic E-state index is 12.5. The van der Waals surface area contributed by atoms with E-state index in [1.54, 1.807) is 48.5 Å². The average molecular weight is 543 g/mol. The summed E-state index contributed by atoms with van der Waals surface area (Å²) in [6.45, 7) is 0. The standard InChI is InChI=1S/C28H26N6O6/c1-33-21(15-25(37)29-27(33)39)13-23(35)11-17-3-7-19(8-4-17)31-32-20-9-5-18(6-10-20)12-24(36)14-22-16-26(38)30-28(40)34(22)2/h3-10,15-16H,11-14H2,1-2H3,(H,29,37,39)(H,30,38,40). The van der Waals surface area contributed by atoms with Crippen molar-refractivity contribution in [1.29, 1.82) is 0 Å². The molecule has 2 aromatic heterocycles. The second-order valence-electron chi connectivity index (χ2n) is 9.30. The van der Waals surface area contributed by atoms with E-state index >= 15 is 0 Å². The predicted molar refractivity (Wildman–Crippen MR) is 146 cm³/mol. The zero-order valence-corrected chi connectivity index (χ0v) is 21.8. The number of nitrogens with zero attached hydrogens (tertiary/aromatic N) is 4. The van der Waals surface area contributed by atoms with Crippen LogP contribution in [0.2, 0.25) is 0 Å². The molecule has 0 radical (unpaired) electrons. The maximum absolute atomic E-state index is 12.5. The van der Waals surface area contributed by atoms with Crippen LogP contribution >= 0.6 is 0 Å². The van der Waals surface area contributed by atoms with Crippen LogP contribution in [0, 0.1) is 0 Å². The van der Waals surface area contributed by atoms with Crippen molar-refractivity contribution in [2.24, 2.45) is 24.3 Å². The normalized spacial score (nSPS) is 11.2. The number of rotatable bonds is 10. The molecule has 0 bridgehead atoms. The summed E-state index contributed by atoms with van der Waals surface area (Å²) in [5.74, 6) is -0.287. The summed E-state index contributed by atoms with van der Waals surface area (Å²) in [6, 6.07) is 16.4. The number of aromatic nitrogens is 4. The fraction of sp³-hybridized carbons (Fsp3) is 0.214. The van der Waals surface area contributed by atoms with Crippen LogP contribution in [0.15, 0.2) is 90.1 Å². The molecule has 4 rings (SSSR count). The molecule has 204 valence electrons. The molecule has 0 amide bonds. The van der Waals surface area contributed by atoms with Crippen molar-refractivity contribution in [2.45, 2.75) is 25.7 Å². The minimum absolute atomic E-state index is 0.0372. The van der Waals surface area contributed by atoms with E-state index in [9.17, 15) is 28.8 Å². The SMILES string of the molecule is Cn1c(CC(=O)Cc2ccc(N=Nc3ccc(CC(=O)Cc4cc(=O)[nH]c(=O)n4C)cc3)cc2)cc(=O)[nH]c1=O. The Labute approximate surface area is 226 Å². The van der Waals surface area contributed by atoms with Crippen molar-refractivity contribution in [2.75, 3.05) is 0 Å². The van der Waals surface area contributed by atoms with Crippen LogP contribution in [0.4, 0.5) is 11.4 Å². The van der Waals surface area contributed by atoms with Gasteiger partial charge in [0.15, 0.2) is 0 Å². The summed E-state index contributed by atoms with van der Waals surface area (Å²) in [7, 11) is 2.99. The van der Waals surface area contributed by atoms with Crippen LogP contribution in [0.3, 0.4) is 0 Å². The van der Waals surface area contributed by atoms with Crippen LogP contribution in [0.25, 0.3) is 0 Å². The highest BCUT2D eigenvalue weighted by molar-refractivity contribution is 5.83. The summed E-state index contributed by atoms with van der Waals surface area (Å²) < 4.78 is 2.48. The van der Waals surface area contributed by atoms with Crippen LogP contribution in [0.1, 0.15) is 22.5 Å². The molecule has 12 nitrogen and oxygen atoms in total. The molecule has 4 aromatic rings. The number of carbonyl (C=O) groups excluding carboxylic acids is 2. The third-order valence-corrected chi connectivity index (χ3v) is 6.24. The van der Waals surface area contributed by atoms with Gasteiger partial charge < -0.3 is 9.13 Å². The van der Waals surface area contributed by atoms with Gasteiger partial charge in [0.1, 0.15) is 11.6 Å². The van der Waals surface area contributed by atoms with Gasteiger partial charge in [-0.25, -0.2) is 9.59 Å². The summed E-state index contributed by atoms with van der Waals surface area (Å²) in [6.07, 6.45) is 0.195. The first-order valence-corrected chi connectivity index (χ1v) is 12.3. The second kappa shape index (κ2) is 12.1. The molecule has 0 spiro atoms. The minimum atomic E-state index is -0.566. The van der Waals surface area contributed by atoms with Crippen LogP contribution in [0.5, 0.6) is 0 Å². The summed E-state index contributed by atoms with van der Waals surface area (Å²) in [4.78, 5) is 75.6. The van der Waals surface area contributed by atoms with Crippen molar-refractivity contribution in [1.82, 2.24) is 19.1 Å². The number of ketones is 2. The van der Waals surface area contributed by atoms with E-state index in [0.29, 0.717) is 22.8 Å². The number of nitrogens with one attached hydrogen (secondary N) is 2. The fourth-order valence-electron chi connectivity index (χ4n) is 4.01. The van der Waals surface area contributed by atoms with Crippen LogP contribution in [-0.2, 0) is 49.4 Å². The number of hydrogen-bond donors (Lipinski definition) is 2. The smallest absolute Gasteiger partial charge is 0.300 e. The molecule has 0 aliphatic heterocycles. The highest BCUT2D eigenvalue weighted by Crippen LogP contribution is 2.20. The molecule has 2 N–H and O–H groups in total. The third-order valence-electron chi connectivity index (χ3n) is 6.24. The maximum Gasteiger partial charge on any atom is 0.328 e. The summed E-state index contributed by atoms with van der Waals surface area (Å²) >= 11 is 0. The van der Waals surface area contributed by atoms with Gasteiger partial charge in [0.05, 0.1) is 11.4 Å². The first kappa shape index (κ1) is 27.8. The van der Waals surface area contributed by atoms with Gasteiger partial charge in [-0.3, -0.25) is 29.1 Å². The molecular formula is C28H26N6O6. The highest BCUT2D eigenvalue weighted by Gasteiger charge is 2.11. The van der Waals surface area contributed by atoms with Gasteiger partial charge in [0, 0.05) is 63.3 Å². The lowest BCUT2D eigenvalue weighted by Gasteiger charge is -2.06. The third kappa shape index (κ3) is 7.19. The van der Waals surface area contributed by atoms with E-state index < -0.39 is 22.5 Å². The second-order valence-corrected chi connectivity index (χ2v) is 9.30. The first-order chi connectivity index (χ1) is 19.1. The zero-order valence-electron chi connectivity index (χ0n) is 21.8. The lowest BCUT2D eigenvalue weighted by molar-refractivity contribution is -0.118. The molecule has 40 heavy (non-hydrogen) atoms. The molecule has 0 fully saturated rings. The number of aromatic amines is 2. The molecular weight excluding hydrogens is 516 g/mol. The first-order valence-electron chi connectivity index (χ1n) is 12.3. The predicted octanol–water partition coefficient (Wildman–Crippen LogP) is 1.58. The number of Topliss-reactive ketones (excluding diaryl/α,β-unsaturated/α-hetero) is 2. The largest absolute Gasteiger partial charge is 0.328 e. The van der Waals surface area contributed by atoms with E-state index in [4.69, 9.17) is 0 Å². The lowest BCUT2D eigenvalue weighted by atomic mass is 10.1. The zero-order chi connectivity index (χ0) is 28.8. The molecule has 2 aromatic carbocycles. The van der Waals surface area contributed by atoms with Crippen molar-refractivity contribution in [3.63, 3.8) is 0 Å². The topological polar surface area (TPSA) is 169 Å². The van der Waals surface area contributed by atoms with Gasteiger partial charge in [0.25, 0.3) is 11.1 Å². The van der Waals surface area contributed by atoms with Crippen molar-refractivity contribution in [3.8, 4) is 0 Å². The average Bonchev–Trinajstić information content (AvgIpc) is 2.90. The Morgan fingerprint density at radius 3 is 1.30 bits per heavy atom. The Bertz CT molecular complexity index is 1690. The monoisotopic (exact) mass is 542 g/mol. The Morgan fingerprint density at radius 2 is 0.950 bits per heavy atom. The van der Waals surface area contributed by atoms with E-state index in [-0.39, 0.29) is 37.2 Å². The summed E-state index contributed by atoms with van der Waals surface area (Å²) in [5.41, 5.74) is 1.15. The van der Waals surface area contributed by atoms with Gasteiger partial charge in [-0.05, 0) is 35.4 Å². The molecule has 2 heterocycles. The number of carbonyl (C=O) groups is 2. The lowest BCUT2D eigenvalue weighted by Crippen LogP contribution is -2.31. The molecule has 0 unspecified atom stereocenters. The Balaban J connectivity index is 1.31. The van der Waals surface area contributed by atoms with Crippen LogP contribution < -0.4 is 22.5 Å². The van der Waals surface area contributed by atoms with Gasteiger partial charge in [-0.1, -0.05) is 24.3 Å². The van der Waals surface area contributed by atoms with Crippen molar-refractivity contribution in [3.05, 3.63) is 125 Å². The Morgan fingerprint density at radius 1 is 0.600 bits per heavy atom. The molecule has 0 saturated carbocycles. The Kier molecular flexibility index (Phi) is 8.38. The molecule has 0 atom stereocenters.